The van der Waals surface area contributed by atoms with Crippen LogP contribution in [0.3, 0.4) is 0 Å². The van der Waals surface area contributed by atoms with Crippen LogP contribution in [0.4, 0.5) is 5.69 Å². The number of fused-ring (bicyclic) bond motifs is 1. The number of nitriles is 1. The van der Waals surface area contributed by atoms with Crippen molar-refractivity contribution < 1.29 is 9.90 Å². The van der Waals surface area contributed by atoms with E-state index >= 15 is 0 Å². The maximum Gasteiger partial charge on any atom is 0.262 e. The lowest BCUT2D eigenvalue weighted by atomic mass is 10.0. The lowest BCUT2D eigenvalue weighted by Gasteiger charge is -2.24. The van der Waals surface area contributed by atoms with Gasteiger partial charge in [0.1, 0.15) is 11.6 Å². The molecule has 1 amide bonds. The Labute approximate surface area is 214 Å². The normalized spacial score (nSPS) is 12.7. The molecule has 36 heavy (non-hydrogen) atoms. The van der Waals surface area contributed by atoms with Crippen LogP contribution in [-0.4, -0.2) is 41.8 Å². The summed E-state index contributed by atoms with van der Waals surface area (Å²) in [6.45, 7) is 10.5. The molecule has 3 rings (SSSR count). The zero-order chi connectivity index (χ0) is 26.2. The number of nitrogens with one attached hydrogen (secondary N) is 1. The van der Waals surface area contributed by atoms with Crippen LogP contribution in [0.25, 0.3) is 27.6 Å². The second-order valence-electron chi connectivity index (χ2n) is 9.51. The fraction of sp³-hybridized carbons (Fsp3) is 0.400. The first kappa shape index (κ1) is 27.0. The van der Waals surface area contributed by atoms with E-state index in [0.717, 1.165) is 42.9 Å². The summed E-state index contributed by atoms with van der Waals surface area (Å²) in [5.74, 6) is -0.485. The molecule has 0 aliphatic heterocycles. The predicted molar refractivity (Wildman–Crippen MR) is 149 cm³/mol. The minimum Gasteiger partial charge on any atom is -0.396 e. The molecule has 0 aliphatic rings. The molecule has 0 spiro atoms. The number of aromatic nitrogens is 1. The van der Waals surface area contributed by atoms with Gasteiger partial charge in [-0.05, 0) is 77.9 Å². The van der Waals surface area contributed by atoms with Crippen molar-refractivity contribution in [2.24, 2.45) is 13.0 Å². The van der Waals surface area contributed by atoms with E-state index in [1.165, 1.54) is 16.5 Å². The van der Waals surface area contributed by atoms with Gasteiger partial charge in [-0.2, -0.15) is 5.26 Å². The van der Waals surface area contributed by atoms with E-state index in [9.17, 15) is 15.2 Å². The highest BCUT2D eigenvalue weighted by atomic mass is 16.3. The Kier molecular flexibility index (Phi) is 9.32. The van der Waals surface area contributed by atoms with Gasteiger partial charge >= 0.3 is 0 Å². The van der Waals surface area contributed by atoms with Crippen molar-refractivity contribution in [3.05, 3.63) is 59.8 Å². The molecule has 0 fully saturated rings. The van der Waals surface area contributed by atoms with Crippen molar-refractivity contribution in [3.8, 4) is 17.3 Å². The Morgan fingerprint density at radius 2 is 1.75 bits per heavy atom. The summed E-state index contributed by atoms with van der Waals surface area (Å²) < 4.78 is 2.02. The largest absolute Gasteiger partial charge is 0.396 e. The maximum absolute atomic E-state index is 12.6. The topological polar surface area (TPSA) is 81.3 Å². The van der Waals surface area contributed by atoms with Gasteiger partial charge in [-0.15, -0.1) is 0 Å². The van der Waals surface area contributed by atoms with E-state index < -0.39 is 5.91 Å². The summed E-state index contributed by atoms with van der Waals surface area (Å²) in [6, 6.07) is 19.2. The van der Waals surface area contributed by atoms with Crippen LogP contribution in [0.2, 0.25) is 0 Å². The van der Waals surface area contributed by atoms with Crippen LogP contribution in [0.5, 0.6) is 0 Å². The van der Waals surface area contributed by atoms with E-state index in [0.29, 0.717) is 12.1 Å². The quantitative estimate of drug-likeness (QED) is 0.276. The molecular formula is C30H38N4O2. The highest BCUT2D eigenvalue weighted by molar-refractivity contribution is 6.04. The zero-order valence-corrected chi connectivity index (χ0v) is 22.1. The fourth-order valence-corrected chi connectivity index (χ4v) is 4.53. The van der Waals surface area contributed by atoms with Gasteiger partial charge in [-0.1, -0.05) is 39.0 Å². The number of allylic oxidation sites excluding steroid dienone is 1. The van der Waals surface area contributed by atoms with E-state index in [-0.39, 0.29) is 18.1 Å². The van der Waals surface area contributed by atoms with Crippen molar-refractivity contribution in [1.29, 1.82) is 5.26 Å². The van der Waals surface area contributed by atoms with Gasteiger partial charge in [0.25, 0.3) is 5.91 Å². The van der Waals surface area contributed by atoms with Gasteiger partial charge in [0.2, 0.25) is 0 Å². The summed E-state index contributed by atoms with van der Waals surface area (Å²) in [6.07, 6.45) is 2.25. The highest BCUT2D eigenvalue weighted by Crippen LogP contribution is 2.31. The fourth-order valence-electron chi connectivity index (χ4n) is 4.53. The number of aliphatic hydroxyl groups is 1. The molecule has 1 heterocycles. The number of hydrogen-bond acceptors (Lipinski definition) is 4. The summed E-state index contributed by atoms with van der Waals surface area (Å²) in [7, 11) is 1.95. The molecule has 0 radical (unpaired) electrons. The first-order valence-corrected chi connectivity index (χ1v) is 12.8. The SMILES string of the molecule is CCCN(CCC)c1ccc2cc(-c3ccc(/C(C)=C(\C#N)C(=O)NCC(C)CO)n3C)ccc2c1. The third-order valence-electron chi connectivity index (χ3n) is 6.61. The monoisotopic (exact) mass is 486 g/mol. The van der Waals surface area contributed by atoms with Crippen molar-refractivity contribution >= 4 is 27.9 Å². The molecular weight excluding hydrogens is 448 g/mol. The van der Waals surface area contributed by atoms with Crippen LogP contribution in [0.1, 0.15) is 46.2 Å². The number of amides is 1. The Hall–Kier alpha value is -3.56. The molecule has 1 aromatic heterocycles. The van der Waals surface area contributed by atoms with Crippen molar-refractivity contribution in [2.45, 2.75) is 40.5 Å². The summed E-state index contributed by atoms with van der Waals surface area (Å²) in [5, 5.41) is 24.0. The number of anilines is 1. The Morgan fingerprint density at radius 3 is 2.39 bits per heavy atom. The minimum atomic E-state index is -0.417. The maximum atomic E-state index is 12.6. The number of hydrogen-bond donors (Lipinski definition) is 2. The summed E-state index contributed by atoms with van der Waals surface area (Å²) in [5.41, 5.74) is 4.88. The molecule has 1 atom stereocenters. The van der Waals surface area contributed by atoms with Crippen LogP contribution in [0.15, 0.2) is 54.1 Å². The van der Waals surface area contributed by atoms with Crippen LogP contribution >= 0.6 is 0 Å². The molecule has 0 saturated carbocycles. The second kappa shape index (κ2) is 12.4. The molecule has 0 aliphatic carbocycles. The molecule has 2 aromatic carbocycles. The third-order valence-corrected chi connectivity index (χ3v) is 6.61. The van der Waals surface area contributed by atoms with E-state index in [1.807, 2.05) is 30.7 Å². The first-order valence-electron chi connectivity index (χ1n) is 12.8. The molecule has 0 saturated heterocycles. The summed E-state index contributed by atoms with van der Waals surface area (Å²) >= 11 is 0. The molecule has 190 valence electrons. The number of rotatable bonds is 11. The molecule has 0 bridgehead atoms. The van der Waals surface area contributed by atoms with Gasteiger partial charge in [0, 0.05) is 50.4 Å². The van der Waals surface area contributed by atoms with E-state index in [1.54, 1.807) is 6.92 Å². The Morgan fingerprint density at radius 1 is 1.08 bits per heavy atom. The predicted octanol–water partition coefficient (Wildman–Crippen LogP) is 5.51. The van der Waals surface area contributed by atoms with Gasteiger partial charge in [0.15, 0.2) is 0 Å². The van der Waals surface area contributed by atoms with E-state index in [2.05, 4.69) is 66.5 Å². The Bertz CT molecular complexity index is 1280. The minimum absolute atomic E-state index is 0.0190. The van der Waals surface area contributed by atoms with Gasteiger partial charge < -0.3 is 19.9 Å². The standard InChI is InChI=1S/C30H38N4O2/c1-6-14-34(15-7-2)26-11-10-23-16-25(9-8-24(23)17-26)29-13-12-28(33(29)5)22(4)27(18-31)30(36)32-19-21(3)20-35/h8-13,16-17,21,35H,6-7,14-15,19-20H2,1-5H3,(H,32,36)/b27-22+. The van der Waals surface area contributed by atoms with Crippen molar-refractivity contribution in [3.63, 3.8) is 0 Å². The number of carbonyl (C=O) groups excluding carboxylic acids is 1. The molecule has 3 aromatic rings. The van der Waals surface area contributed by atoms with Gasteiger partial charge in [-0.3, -0.25) is 4.79 Å². The number of aliphatic hydroxyl groups excluding tert-OH is 1. The Balaban J connectivity index is 1.91. The average Bonchev–Trinajstić information content (AvgIpc) is 3.27. The van der Waals surface area contributed by atoms with E-state index in [4.69, 9.17) is 0 Å². The lowest BCUT2D eigenvalue weighted by molar-refractivity contribution is -0.117. The first-order chi connectivity index (χ1) is 17.3. The molecule has 6 heteroatoms. The van der Waals surface area contributed by atoms with Gasteiger partial charge in [0.05, 0.1) is 0 Å². The molecule has 2 N–H and O–H groups in total. The number of carbonyl (C=O) groups is 1. The van der Waals surface area contributed by atoms with Crippen LogP contribution < -0.4 is 10.2 Å². The second-order valence-corrected chi connectivity index (χ2v) is 9.51. The van der Waals surface area contributed by atoms with Crippen molar-refractivity contribution in [1.82, 2.24) is 9.88 Å². The lowest BCUT2D eigenvalue weighted by Crippen LogP contribution is -2.30. The molecule has 6 nitrogen and oxygen atoms in total. The highest BCUT2D eigenvalue weighted by Gasteiger charge is 2.18. The smallest absolute Gasteiger partial charge is 0.262 e. The van der Waals surface area contributed by atoms with Crippen LogP contribution in [-0.2, 0) is 11.8 Å². The number of nitrogens with zero attached hydrogens (tertiary/aromatic N) is 3. The number of benzene rings is 2. The third kappa shape index (κ3) is 5.98. The van der Waals surface area contributed by atoms with Gasteiger partial charge in [-0.25, -0.2) is 0 Å². The molecule has 1 unspecified atom stereocenters. The zero-order valence-electron chi connectivity index (χ0n) is 22.1. The average molecular weight is 487 g/mol. The summed E-state index contributed by atoms with van der Waals surface area (Å²) in [4.78, 5) is 15.1. The van der Waals surface area contributed by atoms with Crippen LogP contribution in [0, 0.1) is 17.2 Å². The van der Waals surface area contributed by atoms with Crippen molar-refractivity contribution in [2.75, 3.05) is 31.1 Å².